The van der Waals surface area contributed by atoms with Crippen molar-refractivity contribution in [1.82, 2.24) is 14.5 Å². The lowest BCUT2D eigenvalue weighted by molar-refractivity contribution is 0.608. The molecule has 0 fully saturated rings. The Bertz CT molecular complexity index is 2280. The van der Waals surface area contributed by atoms with Crippen LogP contribution in [-0.2, 0) is 0 Å². The summed E-state index contributed by atoms with van der Waals surface area (Å²) < 4.78 is 8.48. The molecule has 4 heterocycles. The first-order chi connectivity index (χ1) is 20.3. The van der Waals surface area contributed by atoms with Crippen LogP contribution in [0.1, 0.15) is 0 Å². The molecule has 0 bridgehead atoms. The van der Waals surface area contributed by atoms with E-state index in [0.717, 1.165) is 45.1 Å². The molecule has 0 amide bonds. The van der Waals surface area contributed by atoms with E-state index in [-0.39, 0.29) is 0 Å². The monoisotopic (exact) mass is 526 g/mol. The van der Waals surface area contributed by atoms with Crippen molar-refractivity contribution in [2.24, 2.45) is 0 Å². The third kappa shape index (κ3) is 3.23. The van der Waals surface area contributed by atoms with Crippen molar-refractivity contribution < 1.29 is 4.42 Å². The van der Waals surface area contributed by atoms with E-state index in [0.29, 0.717) is 11.6 Å². The molecule has 1 aliphatic heterocycles. The van der Waals surface area contributed by atoms with E-state index >= 15 is 0 Å². The standard InChI is InChI=1S/C36H22N4O/c1-2-10-23(11-3-1)35-38-29-21-20-28(37-36(29)41-35)24-12-8-13-25(22-24)39-31-17-6-7-18-32(31)40-30-16-5-4-14-26(30)27-15-9-19-33(39)34(27)40/h1-22H. The van der Waals surface area contributed by atoms with Crippen molar-refractivity contribution >= 4 is 50.1 Å². The van der Waals surface area contributed by atoms with Crippen LogP contribution in [0.25, 0.3) is 61.4 Å². The number of hydrogen-bond donors (Lipinski definition) is 0. The maximum atomic E-state index is 6.08. The van der Waals surface area contributed by atoms with Gasteiger partial charge in [0.25, 0.3) is 0 Å². The third-order valence-electron chi connectivity index (χ3n) is 7.95. The van der Waals surface area contributed by atoms with E-state index in [9.17, 15) is 0 Å². The first-order valence-electron chi connectivity index (χ1n) is 13.7. The summed E-state index contributed by atoms with van der Waals surface area (Å²) in [7, 11) is 0. The molecule has 0 unspecified atom stereocenters. The van der Waals surface area contributed by atoms with Gasteiger partial charge in [-0.25, -0.2) is 9.97 Å². The summed E-state index contributed by atoms with van der Waals surface area (Å²) in [6.07, 6.45) is 0. The van der Waals surface area contributed by atoms with Crippen LogP contribution in [0.4, 0.5) is 17.1 Å². The Morgan fingerprint density at radius 2 is 1.27 bits per heavy atom. The van der Waals surface area contributed by atoms with Gasteiger partial charge in [-0.05, 0) is 60.7 Å². The maximum absolute atomic E-state index is 6.08. The van der Waals surface area contributed by atoms with Crippen LogP contribution in [0.3, 0.4) is 0 Å². The fourth-order valence-electron chi connectivity index (χ4n) is 6.17. The largest absolute Gasteiger partial charge is 0.418 e. The van der Waals surface area contributed by atoms with E-state index in [4.69, 9.17) is 9.40 Å². The van der Waals surface area contributed by atoms with Gasteiger partial charge in [0.2, 0.25) is 11.6 Å². The van der Waals surface area contributed by atoms with Crippen LogP contribution in [0.5, 0.6) is 0 Å². The first kappa shape index (κ1) is 22.2. The number of anilines is 3. The number of hydrogen-bond acceptors (Lipinski definition) is 4. The molecule has 0 radical (unpaired) electrons. The molecule has 0 atom stereocenters. The number of oxazole rings is 1. The molecular formula is C36H22N4O. The van der Waals surface area contributed by atoms with Gasteiger partial charge in [0, 0.05) is 27.6 Å². The zero-order chi connectivity index (χ0) is 26.9. The van der Waals surface area contributed by atoms with Crippen LogP contribution in [0.15, 0.2) is 138 Å². The molecule has 1 aliphatic rings. The van der Waals surface area contributed by atoms with Gasteiger partial charge in [-0.3, -0.25) is 0 Å². The van der Waals surface area contributed by atoms with Gasteiger partial charge in [-0.2, -0.15) is 0 Å². The molecule has 192 valence electrons. The summed E-state index contributed by atoms with van der Waals surface area (Å²) in [6, 6.07) is 46.4. The first-order valence-corrected chi connectivity index (χ1v) is 13.7. The van der Waals surface area contributed by atoms with Gasteiger partial charge < -0.3 is 13.9 Å². The number of para-hydroxylation sites is 4. The highest BCUT2D eigenvalue weighted by atomic mass is 16.4. The quantitative estimate of drug-likeness (QED) is 0.230. The zero-order valence-electron chi connectivity index (χ0n) is 21.9. The average Bonchev–Trinajstić information content (AvgIpc) is 3.62. The Morgan fingerprint density at radius 1 is 0.537 bits per heavy atom. The second-order valence-electron chi connectivity index (χ2n) is 10.3. The van der Waals surface area contributed by atoms with Crippen LogP contribution < -0.4 is 4.90 Å². The smallest absolute Gasteiger partial charge is 0.247 e. The third-order valence-corrected chi connectivity index (χ3v) is 7.95. The minimum Gasteiger partial charge on any atom is -0.418 e. The molecule has 0 N–H and O–H groups in total. The average molecular weight is 527 g/mol. The summed E-state index contributed by atoms with van der Waals surface area (Å²) in [6.45, 7) is 0. The van der Waals surface area contributed by atoms with Crippen LogP contribution in [-0.4, -0.2) is 14.5 Å². The predicted molar refractivity (Wildman–Crippen MR) is 165 cm³/mol. The van der Waals surface area contributed by atoms with Crippen molar-refractivity contribution in [3.63, 3.8) is 0 Å². The lowest BCUT2D eigenvalue weighted by Gasteiger charge is -2.33. The van der Waals surface area contributed by atoms with Crippen molar-refractivity contribution in [2.75, 3.05) is 4.90 Å². The Morgan fingerprint density at radius 3 is 2.20 bits per heavy atom. The van der Waals surface area contributed by atoms with Crippen LogP contribution in [0.2, 0.25) is 0 Å². The highest BCUT2D eigenvalue weighted by Gasteiger charge is 2.28. The summed E-state index contributed by atoms with van der Waals surface area (Å²) in [5.41, 5.74) is 11.0. The molecule has 0 spiro atoms. The molecule has 0 saturated heterocycles. The zero-order valence-corrected chi connectivity index (χ0v) is 21.9. The number of benzene rings is 5. The second kappa shape index (κ2) is 8.41. The maximum Gasteiger partial charge on any atom is 0.247 e. The fourth-order valence-corrected chi connectivity index (χ4v) is 6.17. The van der Waals surface area contributed by atoms with Gasteiger partial charge in [-0.1, -0.05) is 72.8 Å². The summed E-state index contributed by atoms with van der Waals surface area (Å²) in [5.74, 6) is 0.576. The van der Waals surface area contributed by atoms with Crippen molar-refractivity contribution in [3.8, 4) is 28.4 Å². The van der Waals surface area contributed by atoms with Crippen molar-refractivity contribution in [3.05, 3.63) is 133 Å². The topological polar surface area (TPSA) is 47.1 Å². The molecular weight excluding hydrogens is 504 g/mol. The van der Waals surface area contributed by atoms with Crippen LogP contribution >= 0.6 is 0 Å². The van der Waals surface area contributed by atoms with E-state index in [1.807, 2.05) is 42.5 Å². The van der Waals surface area contributed by atoms with E-state index in [1.165, 1.54) is 21.8 Å². The fraction of sp³-hybridized carbons (Fsp3) is 0. The van der Waals surface area contributed by atoms with Gasteiger partial charge in [-0.15, -0.1) is 0 Å². The summed E-state index contributed by atoms with van der Waals surface area (Å²) in [5, 5.41) is 2.51. The van der Waals surface area contributed by atoms with Crippen molar-refractivity contribution in [1.29, 1.82) is 0 Å². The van der Waals surface area contributed by atoms with Gasteiger partial charge in [0.1, 0.15) is 5.52 Å². The number of rotatable bonds is 3. The van der Waals surface area contributed by atoms with Crippen molar-refractivity contribution in [2.45, 2.75) is 0 Å². The minimum absolute atomic E-state index is 0.532. The van der Waals surface area contributed by atoms with E-state index in [2.05, 4.69) is 105 Å². The molecule has 0 saturated carbocycles. The Balaban J connectivity index is 1.21. The molecule has 0 aliphatic carbocycles. The van der Waals surface area contributed by atoms with Crippen LogP contribution in [0, 0.1) is 0 Å². The summed E-state index contributed by atoms with van der Waals surface area (Å²) >= 11 is 0. The predicted octanol–water partition coefficient (Wildman–Crippen LogP) is 9.44. The molecule has 5 nitrogen and oxygen atoms in total. The number of nitrogens with zero attached hydrogens (tertiary/aromatic N) is 4. The molecule has 8 aromatic rings. The lowest BCUT2D eigenvalue weighted by atomic mass is 10.1. The molecule has 5 aromatic carbocycles. The molecule has 3 aromatic heterocycles. The van der Waals surface area contributed by atoms with Gasteiger partial charge in [0.05, 0.1) is 33.8 Å². The highest BCUT2D eigenvalue weighted by molar-refractivity contribution is 6.16. The normalized spacial score (nSPS) is 12.3. The minimum atomic E-state index is 0.532. The lowest BCUT2D eigenvalue weighted by Crippen LogP contribution is -2.18. The van der Waals surface area contributed by atoms with E-state index < -0.39 is 0 Å². The Hall–Kier alpha value is -5.68. The van der Waals surface area contributed by atoms with E-state index in [1.54, 1.807) is 0 Å². The molecule has 9 rings (SSSR count). The Kier molecular flexibility index (Phi) is 4.55. The number of pyridine rings is 1. The van der Waals surface area contributed by atoms with Gasteiger partial charge >= 0.3 is 0 Å². The summed E-state index contributed by atoms with van der Waals surface area (Å²) in [4.78, 5) is 11.9. The second-order valence-corrected chi connectivity index (χ2v) is 10.3. The SMILES string of the molecule is c1ccc(-c2nc3ccc(-c4cccc(N5c6ccccc6-n6c7ccccc7c7cccc5c76)c4)nc3o2)cc1. The van der Waals surface area contributed by atoms with Gasteiger partial charge in [0.15, 0.2) is 0 Å². The molecule has 41 heavy (non-hydrogen) atoms. The Labute approximate surface area is 235 Å². The number of aromatic nitrogens is 3. The highest BCUT2D eigenvalue weighted by Crippen LogP contribution is 2.49. The molecule has 5 heteroatoms. The number of fused-ring (bicyclic) bond motifs is 6.